The number of nitrogens with one attached hydrogen (secondary N) is 1. The van der Waals surface area contributed by atoms with Gasteiger partial charge in [0.15, 0.2) is 5.76 Å². The first-order chi connectivity index (χ1) is 11.8. The zero-order chi connectivity index (χ0) is 16.4. The fraction of sp³-hybridized carbons (Fsp3) is 0.556. The zero-order valence-corrected chi connectivity index (χ0v) is 13.9. The average molecular weight is 328 g/mol. The maximum absolute atomic E-state index is 12.5. The van der Waals surface area contributed by atoms with Crippen molar-refractivity contribution < 1.29 is 9.21 Å². The molecule has 24 heavy (non-hydrogen) atoms. The molecule has 0 radical (unpaired) electrons. The van der Waals surface area contributed by atoms with E-state index in [1.54, 1.807) is 6.20 Å². The van der Waals surface area contributed by atoms with Crippen LogP contribution in [0.15, 0.2) is 28.8 Å². The van der Waals surface area contributed by atoms with Gasteiger partial charge in [-0.3, -0.25) is 14.8 Å². The maximum Gasteiger partial charge on any atom is 0.225 e. The number of H-pyrrole nitrogens is 1. The van der Waals surface area contributed by atoms with Crippen molar-refractivity contribution in [3.8, 4) is 11.5 Å². The van der Waals surface area contributed by atoms with Gasteiger partial charge < -0.3 is 9.32 Å². The summed E-state index contributed by atoms with van der Waals surface area (Å²) in [7, 11) is 0. The van der Waals surface area contributed by atoms with Crippen LogP contribution in [0.2, 0.25) is 0 Å². The molecule has 1 amide bonds. The molecule has 0 atom stereocenters. The van der Waals surface area contributed by atoms with Crippen molar-refractivity contribution in [1.82, 2.24) is 20.0 Å². The summed E-state index contributed by atoms with van der Waals surface area (Å²) < 4.78 is 5.90. The SMILES string of the molecule is O=C(C1CCN(Cc2ccc(-c3ccn[nH]3)o2)CC1)N1CCCC1. The number of piperidine rings is 1. The third-order valence-corrected chi connectivity index (χ3v) is 5.16. The highest BCUT2D eigenvalue weighted by Gasteiger charge is 2.29. The summed E-state index contributed by atoms with van der Waals surface area (Å²) in [5, 5.41) is 6.87. The Morgan fingerprint density at radius 2 is 1.96 bits per heavy atom. The average Bonchev–Trinajstić information content (AvgIpc) is 3.36. The Morgan fingerprint density at radius 3 is 2.67 bits per heavy atom. The molecule has 6 nitrogen and oxygen atoms in total. The van der Waals surface area contributed by atoms with Crippen LogP contribution in [0.3, 0.4) is 0 Å². The molecule has 2 fully saturated rings. The van der Waals surface area contributed by atoms with Gasteiger partial charge in [-0.2, -0.15) is 5.10 Å². The van der Waals surface area contributed by atoms with Gasteiger partial charge in [0.2, 0.25) is 5.91 Å². The Kier molecular flexibility index (Phi) is 4.38. The molecule has 0 unspecified atom stereocenters. The van der Waals surface area contributed by atoms with Crippen molar-refractivity contribution in [3.63, 3.8) is 0 Å². The number of carbonyl (C=O) groups is 1. The van der Waals surface area contributed by atoms with E-state index in [-0.39, 0.29) is 5.92 Å². The van der Waals surface area contributed by atoms with E-state index in [0.29, 0.717) is 5.91 Å². The highest BCUT2D eigenvalue weighted by molar-refractivity contribution is 5.79. The third kappa shape index (κ3) is 3.24. The number of rotatable bonds is 4. The number of hydrogen-bond donors (Lipinski definition) is 1. The fourth-order valence-electron chi connectivity index (χ4n) is 3.75. The topological polar surface area (TPSA) is 65.4 Å². The smallest absolute Gasteiger partial charge is 0.225 e. The molecule has 2 aromatic heterocycles. The summed E-state index contributed by atoms with van der Waals surface area (Å²) in [6.45, 7) is 4.65. The Hall–Kier alpha value is -2.08. The molecule has 2 aliphatic heterocycles. The minimum absolute atomic E-state index is 0.219. The predicted molar refractivity (Wildman–Crippen MR) is 90.1 cm³/mol. The van der Waals surface area contributed by atoms with Gasteiger partial charge in [-0.25, -0.2) is 0 Å². The summed E-state index contributed by atoms with van der Waals surface area (Å²) in [5.74, 6) is 2.38. The molecule has 2 saturated heterocycles. The van der Waals surface area contributed by atoms with Gasteiger partial charge in [0.25, 0.3) is 0 Å². The van der Waals surface area contributed by atoms with E-state index in [0.717, 1.165) is 62.8 Å². The van der Waals surface area contributed by atoms with Crippen LogP contribution in [0.25, 0.3) is 11.5 Å². The van der Waals surface area contributed by atoms with E-state index in [2.05, 4.69) is 20.0 Å². The molecule has 128 valence electrons. The normalized spacial score (nSPS) is 19.9. The monoisotopic (exact) mass is 328 g/mol. The molecule has 0 saturated carbocycles. The minimum atomic E-state index is 0.219. The van der Waals surface area contributed by atoms with Gasteiger partial charge in [0.05, 0.1) is 6.54 Å². The molecule has 2 aliphatic rings. The first-order valence-corrected chi connectivity index (χ1v) is 8.89. The fourth-order valence-corrected chi connectivity index (χ4v) is 3.75. The van der Waals surface area contributed by atoms with Gasteiger partial charge in [0.1, 0.15) is 11.5 Å². The second-order valence-corrected chi connectivity index (χ2v) is 6.82. The highest BCUT2D eigenvalue weighted by atomic mass is 16.3. The lowest BCUT2D eigenvalue weighted by Crippen LogP contribution is -2.41. The minimum Gasteiger partial charge on any atom is -0.458 e. The number of hydrogen-bond acceptors (Lipinski definition) is 4. The summed E-state index contributed by atoms with van der Waals surface area (Å²) >= 11 is 0. The number of aromatic amines is 1. The van der Waals surface area contributed by atoms with Gasteiger partial charge in [-0.15, -0.1) is 0 Å². The van der Waals surface area contributed by atoms with Crippen molar-refractivity contribution in [2.75, 3.05) is 26.2 Å². The van der Waals surface area contributed by atoms with Crippen molar-refractivity contribution in [2.24, 2.45) is 5.92 Å². The molecule has 1 N–H and O–H groups in total. The number of amides is 1. The molecule has 0 spiro atoms. The second-order valence-electron chi connectivity index (χ2n) is 6.82. The van der Waals surface area contributed by atoms with Crippen molar-refractivity contribution in [1.29, 1.82) is 0 Å². The zero-order valence-electron chi connectivity index (χ0n) is 13.9. The van der Waals surface area contributed by atoms with E-state index >= 15 is 0 Å². The van der Waals surface area contributed by atoms with Crippen LogP contribution in [-0.2, 0) is 11.3 Å². The lowest BCUT2D eigenvalue weighted by molar-refractivity contribution is -0.136. The number of aromatic nitrogens is 2. The molecular weight excluding hydrogens is 304 g/mol. The summed E-state index contributed by atoms with van der Waals surface area (Å²) in [6.07, 6.45) is 5.98. The summed E-state index contributed by atoms with van der Waals surface area (Å²) in [5.41, 5.74) is 0.899. The first-order valence-electron chi connectivity index (χ1n) is 8.89. The van der Waals surface area contributed by atoms with E-state index in [1.807, 2.05) is 18.2 Å². The van der Waals surface area contributed by atoms with Gasteiger partial charge >= 0.3 is 0 Å². The second kappa shape index (κ2) is 6.81. The van der Waals surface area contributed by atoms with Crippen LogP contribution in [0, 0.1) is 5.92 Å². The maximum atomic E-state index is 12.5. The number of furan rings is 1. The Bertz CT molecular complexity index is 665. The molecule has 4 rings (SSSR count). The van der Waals surface area contributed by atoms with Crippen molar-refractivity contribution >= 4 is 5.91 Å². The molecule has 0 aliphatic carbocycles. The van der Waals surface area contributed by atoms with E-state index < -0.39 is 0 Å². The van der Waals surface area contributed by atoms with E-state index in [9.17, 15) is 4.79 Å². The van der Waals surface area contributed by atoms with Gasteiger partial charge in [-0.1, -0.05) is 0 Å². The lowest BCUT2D eigenvalue weighted by Gasteiger charge is -2.32. The molecule has 0 aromatic carbocycles. The van der Waals surface area contributed by atoms with Crippen LogP contribution in [-0.4, -0.2) is 52.1 Å². The molecule has 6 heteroatoms. The summed E-state index contributed by atoms with van der Waals surface area (Å²) in [6, 6.07) is 5.90. The number of likely N-dealkylation sites (tertiary alicyclic amines) is 2. The Labute approximate surface area is 141 Å². The highest BCUT2D eigenvalue weighted by Crippen LogP contribution is 2.25. The van der Waals surface area contributed by atoms with Crippen LogP contribution >= 0.6 is 0 Å². The Balaban J connectivity index is 1.29. The molecule has 2 aromatic rings. The number of nitrogens with zero attached hydrogens (tertiary/aromatic N) is 3. The van der Waals surface area contributed by atoms with Crippen LogP contribution in [0.4, 0.5) is 0 Å². The van der Waals surface area contributed by atoms with Crippen LogP contribution in [0.5, 0.6) is 0 Å². The van der Waals surface area contributed by atoms with E-state index in [1.165, 1.54) is 12.8 Å². The largest absolute Gasteiger partial charge is 0.458 e. The number of carbonyl (C=O) groups excluding carboxylic acids is 1. The van der Waals surface area contributed by atoms with Crippen LogP contribution < -0.4 is 0 Å². The van der Waals surface area contributed by atoms with Crippen molar-refractivity contribution in [3.05, 3.63) is 30.2 Å². The quantitative estimate of drug-likeness (QED) is 0.936. The Morgan fingerprint density at radius 1 is 1.17 bits per heavy atom. The molecule has 0 bridgehead atoms. The van der Waals surface area contributed by atoms with E-state index in [4.69, 9.17) is 4.42 Å². The van der Waals surface area contributed by atoms with Crippen LogP contribution in [0.1, 0.15) is 31.4 Å². The van der Waals surface area contributed by atoms with Crippen molar-refractivity contribution in [2.45, 2.75) is 32.2 Å². The first kappa shape index (κ1) is 15.4. The standard InChI is InChI=1S/C18H24N4O2/c23-18(22-9-1-2-10-22)14-6-11-21(12-7-14)13-15-3-4-17(24-15)16-5-8-19-20-16/h3-5,8,14H,1-2,6-7,9-13H2,(H,19,20). The summed E-state index contributed by atoms with van der Waals surface area (Å²) in [4.78, 5) is 16.9. The lowest BCUT2D eigenvalue weighted by atomic mass is 9.95. The predicted octanol–water partition coefficient (Wildman–Crippen LogP) is 2.50. The third-order valence-electron chi connectivity index (χ3n) is 5.16. The van der Waals surface area contributed by atoms with Gasteiger partial charge in [-0.05, 0) is 57.0 Å². The molecule has 4 heterocycles. The van der Waals surface area contributed by atoms with Gasteiger partial charge in [0, 0.05) is 25.2 Å². The molecular formula is C18H24N4O2.